The average Bonchev–Trinajstić information content (AvgIpc) is 3.16. The number of amides is 3. The van der Waals surface area contributed by atoms with Gasteiger partial charge < -0.3 is 16.8 Å². The molecular weight excluding hydrogens is 457 g/mol. The van der Waals surface area contributed by atoms with Crippen molar-refractivity contribution in [1.29, 1.82) is 0 Å². The topological polar surface area (TPSA) is 131 Å². The standard InChI is InChI=1S/C21H19ClFN5O3S/c1-11(20(30)26-10-12-5-3-2-4-6-12)28(13-7-8-15(23)14(22)9-13)21(31)18-16(24)17(19(25)29)27-32-18/h2-9,11H,10,24H2,1H3,(H2,25,29)(H,26,30)/t11-/m1/s1. The van der Waals surface area contributed by atoms with Crippen LogP contribution >= 0.6 is 23.1 Å². The molecule has 3 rings (SSSR count). The van der Waals surface area contributed by atoms with Gasteiger partial charge in [0.05, 0.1) is 10.7 Å². The summed E-state index contributed by atoms with van der Waals surface area (Å²) < 4.78 is 17.5. The fourth-order valence-electron chi connectivity index (χ4n) is 2.94. The van der Waals surface area contributed by atoms with Crippen LogP contribution in [0.15, 0.2) is 48.5 Å². The van der Waals surface area contributed by atoms with E-state index in [1.54, 1.807) is 0 Å². The van der Waals surface area contributed by atoms with Crippen molar-refractivity contribution in [2.75, 3.05) is 10.6 Å². The highest BCUT2D eigenvalue weighted by Crippen LogP contribution is 2.29. The molecule has 0 aliphatic carbocycles. The number of halogens is 2. The predicted octanol–water partition coefficient (Wildman–Crippen LogP) is 2.97. The van der Waals surface area contributed by atoms with Crippen molar-refractivity contribution in [2.45, 2.75) is 19.5 Å². The Morgan fingerprint density at radius 1 is 1.22 bits per heavy atom. The molecule has 0 saturated heterocycles. The van der Waals surface area contributed by atoms with Gasteiger partial charge in [0.1, 0.15) is 16.7 Å². The summed E-state index contributed by atoms with van der Waals surface area (Å²) >= 11 is 6.58. The van der Waals surface area contributed by atoms with Crippen molar-refractivity contribution >= 4 is 52.2 Å². The van der Waals surface area contributed by atoms with E-state index in [-0.39, 0.29) is 33.5 Å². The van der Waals surface area contributed by atoms with Crippen molar-refractivity contribution in [2.24, 2.45) is 5.73 Å². The Balaban J connectivity index is 1.94. The van der Waals surface area contributed by atoms with Crippen LogP contribution in [0.2, 0.25) is 5.02 Å². The first-order valence-electron chi connectivity index (χ1n) is 9.36. The van der Waals surface area contributed by atoms with Gasteiger partial charge in [0.25, 0.3) is 11.8 Å². The average molecular weight is 476 g/mol. The lowest BCUT2D eigenvalue weighted by Gasteiger charge is -2.28. The van der Waals surface area contributed by atoms with E-state index in [2.05, 4.69) is 9.69 Å². The smallest absolute Gasteiger partial charge is 0.272 e. The summed E-state index contributed by atoms with van der Waals surface area (Å²) in [6.07, 6.45) is 0. The Hall–Kier alpha value is -3.50. The number of nitrogens with two attached hydrogens (primary N) is 2. The second-order valence-electron chi connectivity index (χ2n) is 6.79. The molecule has 0 saturated carbocycles. The van der Waals surface area contributed by atoms with E-state index in [9.17, 15) is 18.8 Å². The Bertz CT molecular complexity index is 1170. The largest absolute Gasteiger partial charge is 0.395 e. The first-order chi connectivity index (χ1) is 15.2. The van der Waals surface area contributed by atoms with Crippen molar-refractivity contribution in [3.05, 3.63) is 75.5 Å². The van der Waals surface area contributed by atoms with Crippen LogP contribution < -0.4 is 21.7 Å². The highest BCUT2D eigenvalue weighted by atomic mass is 35.5. The normalized spacial score (nSPS) is 11.6. The zero-order chi connectivity index (χ0) is 23.4. The molecule has 3 aromatic rings. The summed E-state index contributed by atoms with van der Waals surface area (Å²) in [6.45, 7) is 1.74. The lowest BCUT2D eigenvalue weighted by atomic mass is 10.1. The minimum atomic E-state index is -1.04. The molecule has 11 heteroatoms. The van der Waals surface area contributed by atoms with Crippen molar-refractivity contribution in [3.8, 4) is 0 Å². The van der Waals surface area contributed by atoms with E-state index in [1.165, 1.54) is 19.1 Å². The number of hydrogen-bond donors (Lipinski definition) is 3. The van der Waals surface area contributed by atoms with Gasteiger partial charge in [-0.05, 0) is 42.2 Å². The third-order valence-corrected chi connectivity index (χ3v) is 5.77. The number of nitrogens with one attached hydrogen (secondary N) is 1. The van der Waals surface area contributed by atoms with Gasteiger partial charge in [0.2, 0.25) is 5.91 Å². The van der Waals surface area contributed by atoms with Crippen LogP contribution in [0.3, 0.4) is 0 Å². The van der Waals surface area contributed by atoms with Crippen LogP contribution in [-0.4, -0.2) is 28.1 Å². The summed E-state index contributed by atoms with van der Waals surface area (Å²) in [5.74, 6) is -2.75. The first-order valence-corrected chi connectivity index (χ1v) is 10.5. The number of hydrogen-bond acceptors (Lipinski definition) is 6. The van der Waals surface area contributed by atoms with Crippen LogP contribution in [0.1, 0.15) is 32.6 Å². The van der Waals surface area contributed by atoms with Gasteiger partial charge in [-0.25, -0.2) is 4.39 Å². The van der Waals surface area contributed by atoms with E-state index in [0.717, 1.165) is 16.5 Å². The van der Waals surface area contributed by atoms with Gasteiger partial charge in [-0.15, -0.1) is 0 Å². The second-order valence-corrected chi connectivity index (χ2v) is 7.97. The Kier molecular flexibility index (Phi) is 7.06. The Morgan fingerprint density at radius 2 is 1.91 bits per heavy atom. The molecule has 0 radical (unpaired) electrons. The fourth-order valence-corrected chi connectivity index (χ4v) is 3.86. The molecule has 0 aliphatic rings. The molecule has 2 aromatic carbocycles. The number of anilines is 2. The number of aromatic nitrogens is 1. The molecule has 3 amide bonds. The molecule has 32 heavy (non-hydrogen) atoms. The van der Waals surface area contributed by atoms with E-state index >= 15 is 0 Å². The van der Waals surface area contributed by atoms with Crippen LogP contribution in [0, 0.1) is 5.82 Å². The molecule has 0 aliphatic heterocycles. The second kappa shape index (κ2) is 9.75. The van der Waals surface area contributed by atoms with E-state index < -0.39 is 29.6 Å². The van der Waals surface area contributed by atoms with Gasteiger partial charge in [-0.2, -0.15) is 4.37 Å². The number of nitrogen functional groups attached to an aromatic ring is 1. The first kappa shape index (κ1) is 23.2. The zero-order valence-corrected chi connectivity index (χ0v) is 18.4. The summed E-state index contributed by atoms with van der Waals surface area (Å²) in [5.41, 5.74) is 11.7. The number of rotatable bonds is 7. The van der Waals surface area contributed by atoms with Gasteiger partial charge in [-0.3, -0.25) is 19.3 Å². The van der Waals surface area contributed by atoms with Crippen LogP contribution in [0.5, 0.6) is 0 Å². The number of carbonyl (C=O) groups excluding carboxylic acids is 3. The maximum atomic E-state index is 13.7. The van der Waals surface area contributed by atoms with Gasteiger partial charge in [0.15, 0.2) is 5.69 Å². The van der Waals surface area contributed by atoms with Crippen LogP contribution in [0.25, 0.3) is 0 Å². The maximum absolute atomic E-state index is 13.7. The summed E-state index contributed by atoms with van der Waals surface area (Å²) in [4.78, 5) is 38.8. The molecule has 1 aromatic heterocycles. The highest BCUT2D eigenvalue weighted by Gasteiger charge is 2.32. The minimum absolute atomic E-state index is 0.0815. The SMILES string of the molecule is C[C@H](C(=O)NCc1ccccc1)N(C(=O)c1snc(C(N)=O)c1N)c1ccc(F)c(Cl)c1. The van der Waals surface area contributed by atoms with E-state index in [0.29, 0.717) is 11.5 Å². The maximum Gasteiger partial charge on any atom is 0.272 e. The number of primary amides is 1. The molecule has 0 unspecified atom stereocenters. The molecule has 8 nitrogen and oxygen atoms in total. The summed E-state index contributed by atoms with van der Waals surface area (Å²) in [6, 6.07) is 11.8. The van der Waals surface area contributed by atoms with E-state index in [1.807, 2.05) is 30.3 Å². The van der Waals surface area contributed by atoms with Gasteiger partial charge in [0, 0.05) is 12.2 Å². The quantitative estimate of drug-likeness (QED) is 0.483. The fraction of sp³-hybridized carbons (Fsp3) is 0.143. The van der Waals surface area contributed by atoms with Crippen molar-refractivity contribution in [1.82, 2.24) is 9.69 Å². The molecule has 0 bridgehead atoms. The Morgan fingerprint density at radius 3 is 2.50 bits per heavy atom. The van der Waals surface area contributed by atoms with Crippen LogP contribution in [0.4, 0.5) is 15.8 Å². The van der Waals surface area contributed by atoms with Crippen molar-refractivity contribution in [3.63, 3.8) is 0 Å². The van der Waals surface area contributed by atoms with Crippen molar-refractivity contribution < 1.29 is 18.8 Å². The number of benzene rings is 2. The zero-order valence-electron chi connectivity index (χ0n) is 16.8. The molecular formula is C21H19ClFN5O3S. The number of carbonyl (C=O) groups is 3. The highest BCUT2D eigenvalue weighted by molar-refractivity contribution is 7.09. The third-order valence-electron chi connectivity index (χ3n) is 4.63. The lowest BCUT2D eigenvalue weighted by molar-refractivity contribution is -0.122. The molecule has 0 fully saturated rings. The summed E-state index contributed by atoms with van der Waals surface area (Å²) in [5, 5.41) is 2.53. The molecule has 0 spiro atoms. The minimum Gasteiger partial charge on any atom is -0.395 e. The Labute approximate surface area is 192 Å². The third kappa shape index (κ3) is 4.87. The molecule has 5 N–H and O–H groups in total. The predicted molar refractivity (Wildman–Crippen MR) is 121 cm³/mol. The van der Waals surface area contributed by atoms with Gasteiger partial charge >= 0.3 is 0 Å². The van der Waals surface area contributed by atoms with Gasteiger partial charge in [-0.1, -0.05) is 41.9 Å². The molecule has 1 heterocycles. The molecule has 166 valence electrons. The van der Waals surface area contributed by atoms with Crippen LogP contribution in [-0.2, 0) is 11.3 Å². The monoisotopic (exact) mass is 475 g/mol. The summed E-state index contributed by atoms with van der Waals surface area (Å²) in [7, 11) is 0. The number of nitrogens with zero attached hydrogens (tertiary/aromatic N) is 2. The van der Waals surface area contributed by atoms with E-state index in [4.69, 9.17) is 23.1 Å². The lowest BCUT2D eigenvalue weighted by Crippen LogP contribution is -2.48. The molecule has 1 atom stereocenters.